The predicted molar refractivity (Wildman–Crippen MR) is 65.5 cm³/mol. The molecular weight excluding hydrogens is 241 g/mol. The van der Waals surface area contributed by atoms with Gasteiger partial charge in [0.05, 0.1) is 5.92 Å². The number of piperidine rings is 1. The van der Waals surface area contributed by atoms with Crippen molar-refractivity contribution in [2.24, 2.45) is 5.92 Å². The third kappa shape index (κ3) is 3.85. The van der Waals surface area contributed by atoms with Crippen molar-refractivity contribution in [1.82, 2.24) is 10.2 Å². The van der Waals surface area contributed by atoms with Gasteiger partial charge in [-0.25, -0.2) is 0 Å². The van der Waals surface area contributed by atoms with Crippen LogP contribution in [0.4, 0.5) is 13.2 Å². The van der Waals surface area contributed by atoms with Crippen molar-refractivity contribution in [2.45, 2.75) is 57.3 Å². The maximum absolute atomic E-state index is 12.8. The van der Waals surface area contributed by atoms with Crippen molar-refractivity contribution in [3.05, 3.63) is 0 Å². The lowest BCUT2D eigenvalue weighted by Crippen LogP contribution is -2.49. The summed E-state index contributed by atoms with van der Waals surface area (Å²) in [6, 6.07) is 0.887. The summed E-state index contributed by atoms with van der Waals surface area (Å²) in [5.74, 6) is -1.12. The zero-order valence-corrected chi connectivity index (χ0v) is 11.0. The SMILES string of the molecule is CCC(CNC1CC1)N1CCCC(C(F)(F)F)C1. The van der Waals surface area contributed by atoms with E-state index in [2.05, 4.69) is 12.2 Å². The van der Waals surface area contributed by atoms with Gasteiger partial charge in [0.1, 0.15) is 0 Å². The minimum atomic E-state index is -4.03. The molecule has 1 aliphatic heterocycles. The van der Waals surface area contributed by atoms with Crippen molar-refractivity contribution >= 4 is 0 Å². The van der Waals surface area contributed by atoms with E-state index in [1.165, 1.54) is 12.8 Å². The fourth-order valence-corrected chi connectivity index (χ4v) is 2.73. The fraction of sp³-hybridized carbons (Fsp3) is 1.00. The van der Waals surface area contributed by atoms with Crippen LogP contribution in [0, 0.1) is 5.92 Å². The number of nitrogens with zero attached hydrogens (tertiary/aromatic N) is 1. The van der Waals surface area contributed by atoms with E-state index >= 15 is 0 Å². The summed E-state index contributed by atoms with van der Waals surface area (Å²) >= 11 is 0. The van der Waals surface area contributed by atoms with E-state index in [0.29, 0.717) is 18.9 Å². The Balaban J connectivity index is 1.84. The standard InChI is InChI=1S/C13H23F3N2/c1-2-12(8-17-11-5-6-11)18-7-3-4-10(9-18)13(14,15)16/h10-12,17H,2-9H2,1H3. The Bertz CT molecular complexity index is 263. The van der Waals surface area contributed by atoms with Crippen LogP contribution in [-0.2, 0) is 0 Å². The number of hydrogen-bond donors (Lipinski definition) is 1. The van der Waals surface area contributed by atoms with Gasteiger partial charge in [-0.05, 0) is 38.6 Å². The topological polar surface area (TPSA) is 15.3 Å². The second kappa shape index (κ2) is 5.78. The molecule has 2 unspecified atom stereocenters. The van der Waals surface area contributed by atoms with Gasteiger partial charge in [-0.2, -0.15) is 13.2 Å². The molecule has 2 fully saturated rings. The van der Waals surface area contributed by atoms with Gasteiger partial charge in [-0.1, -0.05) is 6.92 Å². The van der Waals surface area contributed by atoms with Crippen molar-refractivity contribution < 1.29 is 13.2 Å². The second-order valence-corrected chi connectivity index (χ2v) is 5.62. The molecule has 0 amide bonds. The second-order valence-electron chi connectivity index (χ2n) is 5.62. The van der Waals surface area contributed by atoms with Crippen molar-refractivity contribution in [1.29, 1.82) is 0 Å². The lowest BCUT2D eigenvalue weighted by molar-refractivity contribution is -0.188. The van der Waals surface area contributed by atoms with Crippen LogP contribution in [0.15, 0.2) is 0 Å². The van der Waals surface area contributed by atoms with Crippen LogP contribution in [0.1, 0.15) is 39.0 Å². The highest BCUT2D eigenvalue weighted by atomic mass is 19.4. The summed E-state index contributed by atoms with van der Waals surface area (Å²) < 4.78 is 38.3. The molecule has 2 atom stereocenters. The minimum absolute atomic E-state index is 0.189. The van der Waals surface area contributed by atoms with Gasteiger partial charge in [-0.15, -0.1) is 0 Å². The lowest BCUT2D eigenvalue weighted by atomic mass is 9.95. The molecule has 1 heterocycles. The first-order valence-corrected chi connectivity index (χ1v) is 7.05. The molecule has 106 valence electrons. The monoisotopic (exact) mass is 264 g/mol. The Morgan fingerprint density at radius 1 is 1.28 bits per heavy atom. The number of rotatable bonds is 5. The van der Waals surface area contributed by atoms with Crippen molar-refractivity contribution in [2.75, 3.05) is 19.6 Å². The van der Waals surface area contributed by atoms with E-state index < -0.39 is 12.1 Å². The first-order valence-electron chi connectivity index (χ1n) is 7.05. The molecule has 1 saturated carbocycles. The molecule has 2 aliphatic rings. The maximum Gasteiger partial charge on any atom is 0.393 e. The van der Waals surface area contributed by atoms with Gasteiger partial charge >= 0.3 is 6.18 Å². The number of nitrogens with one attached hydrogen (secondary N) is 1. The van der Waals surface area contributed by atoms with Crippen LogP contribution < -0.4 is 5.32 Å². The first-order chi connectivity index (χ1) is 8.50. The molecule has 0 aromatic rings. The van der Waals surface area contributed by atoms with E-state index in [9.17, 15) is 13.2 Å². The predicted octanol–water partition coefficient (Wildman–Crippen LogP) is 2.79. The number of alkyl halides is 3. The zero-order valence-electron chi connectivity index (χ0n) is 11.0. The van der Waals surface area contributed by atoms with E-state index in [-0.39, 0.29) is 12.6 Å². The molecule has 1 aliphatic carbocycles. The largest absolute Gasteiger partial charge is 0.393 e. The first kappa shape index (κ1) is 14.1. The molecule has 0 bridgehead atoms. The summed E-state index contributed by atoms with van der Waals surface area (Å²) in [5, 5.41) is 3.44. The van der Waals surface area contributed by atoms with Gasteiger partial charge in [0.25, 0.3) is 0 Å². The van der Waals surface area contributed by atoms with E-state index in [4.69, 9.17) is 0 Å². The third-order valence-electron chi connectivity index (χ3n) is 4.12. The molecule has 18 heavy (non-hydrogen) atoms. The summed E-state index contributed by atoms with van der Waals surface area (Å²) in [7, 11) is 0. The van der Waals surface area contributed by atoms with Gasteiger partial charge in [-0.3, -0.25) is 4.90 Å². The molecule has 0 radical (unpaired) electrons. The van der Waals surface area contributed by atoms with Gasteiger partial charge in [0, 0.05) is 25.2 Å². The molecule has 1 saturated heterocycles. The van der Waals surface area contributed by atoms with Crippen molar-refractivity contribution in [3.8, 4) is 0 Å². The Hall–Kier alpha value is -0.290. The molecule has 2 nitrogen and oxygen atoms in total. The molecule has 0 spiro atoms. The van der Waals surface area contributed by atoms with Crippen LogP contribution in [0.25, 0.3) is 0 Å². The normalized spacial score (nSPS) is 28.3. The van der Waals surface area contributed by atoms with Crippen molar-refractivity contribution in [3.63, 3.8) is 0 Å². The van der Waals surface area contributed by atoms with Gasteiger partial charge in [0.15, 0.2) is 0 Å². The van der Waals surface area contributed by atoms with Gasteiger partial charge in [0.2, 0.25) is 0 Å². The summed E-state index contributed by atoms with van der Waals surface area (Å²) in [6.07, 6.45) is 0.311. The summed E-state index contributed by atoms with van der Waals surface area (Å²) in [6.45, 7) is 3.91. The van der Waals surface area contributed by atoms with E-state index in [0.717, 1.165) is 19.5 Å². The Morgan fingerprint density at radius 2 is 2.00 bits per heavy atom. The quantitative estimate of drug-likeness (QED) is 0.821. The Morgan fingerprint density at radius 3 is 2.56 bits per heavy atom. The van der Waals surface area contributed by atoms with Crippen LogP contribution in [-0.4, -0.2) is 42.8 Å². The average Bonchev–Trinajstić information content (AvgIpc) is 3.13. The Kier molecular flexibility index (Phi) is 4.54. The molecular formula is C13H23F3N2. The molecule has 2 rings (SSSR count). The lowest BCUT2D eigenvalue weighted by Gasteiger charge is -2.38. The Labute approximate surface area is 107 Å². The maximum atomic E-state index is 12.8. The average molecular weight is 264 g/mol. The molecule has 5 heteroatoms. The third-order valence-corrected chi connectivity index (χ3v) is 4.12. The minimum Gasteiger partial charge on any atom is -0.312 e. The highest BCUT2D eigenvalue weighted by Gasteiger charge is 2.42. The smallest absolute Gasteiger partial charge is 0.312 e. The zero-order chi connectivity index (χ0) is 13.2. The van der Waals surface area contributed by atoms with Crippen LogP contribution >= 0.6 is 0 Å². The molecule has 0 aromatic heterocycles. The number of halogens is 3. The van der Waals surface area contributed by atoms with Gasteiger partial charge < -0.3 is 5.32 Å². The number of hydrogen-bond acceptors (Lipinski definition) is 2. The van der Waals surface area contributed by atoms with E-state index in [1.807, 2.05) is 4.90 Å². The fourth-order valence-electron chi connectivity index (χ4n) is 2.73. The highest BCUT2D eigenvalue weighted by Crippen LogP contribution is 2.34. The number of likely N-dealkylation sites (tertiary alicyclic amines) is 1. The van der Waals surface area contributed by atoms with Crippen LogP contribution in [0.5, 0.6) is 0 Å². The summed E-state index contributed by atoms with van der Waals surface area (Å²) in [5.41, 5.74) is 0. The van der Waals surface area contributed by atoms with Crippen LogP contribution in [0.2, 0.25) is 0 Å². The molecule has 0 aromatic carbocycles. The van der Waals surface area contributed by atoms with Crippen LogP contribution in [0.3, 0.4) is 0 Å². The molecule has 1 N–H and O–H groups in total. The van der Waals surface area contributed by atoms with E-state index in [1.54, 1.807) is 0 Å². The highest BCUT2D eigenvalue weighted by molar-refractivity contribution is 4.86. The summed E-state index contributed by atoms with van der Waals surface area (Å²) in [4.78, 5) is 2.04.